The Labute approximate surface area is 73.0 Å². The van der Waals surface area contributed by atoms with Crippen LogP contribution >= 0.6 is 0 Å². The Morgan fingerprint density at radius 1 is 1.50 bits per heavy atom. The molecule has 0 atom stereocenters. The third-order valence-corrected chi connectivity index (χ3v) is 1.23. The second-order valence-electron chi connectivity index (χ2n) is 2.43. The van der Waals surface area contributed by atoms with Gasteiger partial charge in [-0.2, -0.15) is 5.10 Å². The summed E-state index contributed by atoms with van der Waals surface area (Å²) in [6.45, 7) is 6.05. The van der Waals surface area contributed by atoms with Gasteiger partial charge in [0.05, 0.1) is 6.61 Å². The molecule has 70 valence electrons. The van der Waals surface area contributed by atoms with Gasteiger partial charge in [0.1, 0.15) is 0 Å². The monoisotopic (exact) mass is 172 g/mol. The molecule has 0 aromatic rings. The highest BCUT2D eigenvalue weighted by Gasteiger charge is 1.96. The molecular weight excluding hydrogens is 156 g/mol. The zero-order chi connectivity index (χ0) is 9.40. The Kier molecular flexibility index (Phi) is 6.05. The molecule has 4 heteroatoms. The number of hydrogen-bond donors (Lipinski definition) is 1. The molecule has 0 aliphatic heterocycles. The Balaban J connectivity index is 3.63. The molecule has 0 spiro atoms. The number of amides is 1. The van der Waals surface area contributed by atoms with Gasteiger partial charge in [-0.25, -0.2) is 10.2 Å². The van der Waals surface area contributed by atoms with E-state index in [4.69, 9.17) is 0 Å². The summed E-state index contributed by atoms with van der Waals surface area (Å²) in [5.74, 6) is 0. The standard InChI is InChI=1S/C8H16N2O2/c1-4-6-7(3)9-10-8(11)12-5-2/h4-6H2,1-3H3,(H,10,11)/b9-7+. The van der Waals surface area contributed by atoms with Crippen LogP contribution in [0.4, 0.5) is 4.79 Å². The van der Waals surface area contributed by atoms with Crippen LogP contribution in [-0.2, 0) is 4.74 Å². The van der Waals surface area contributed by atoms with E-state index in [0.717, 1.165) is 18.6 Å². The summed E-state index contributed by atoms with van der Waals surface area (Å²) in [5.41, 5.74) is 3.20. The molecule has 0 saturated carbocycles. The van der Waals surface area contributed by atoms with Gasteiger partial charge in [0.25, 0.3) is 0 Å². The molecule has 0 heterocycles. The van der Waals surface area contributed by atoms with Crippen LogP contribution in [0.2, 0.25) is 0 Å². The van der Waals surface area contributed by atoms with Crippen LogP contribution in [0.3, 0.4) is 0 Å². The lowest BCUT2D eigenvalue weighted by Crippen LogP contribution is -2.19. The van der Waals surface area contributed by atoms with Crippen molar-refractivity contribution in [2.45, 2.75) is 33.6 Å². The third-order valence-electron chi connectivity index (χ3n) is 1.23. The van der Waals surface area contributed by atoms with E-state index in [0.29, 0.717) is 6.61 Å². The maximum absolute atomic E-state index is 10.7. The van der Waals surface area contributed by atoms with E-state index in [2.05, 4.69) is 22.2 Å². The van der Waals surface area contributed by atoms with E-state index >= 15 is 0 Å². The molecule has 1 N–H and O–H groups in total. The fraction of sp³-hybridized carbons (Fsp3) is 0.750. The van der Waals surface area contributed by atoms with Crippen LogP contribution in [0.5, 0.6) is 0 Å². The maximum atomic E-state index is 10.7. The van der Waals surface area contributed by atoms with Gasteiger partial charge in [0, 0.05) is 5.71 Å². The van der Waals surface area contributed by atoms with Crippen molar-refractivity contribution in [2.75, 3.05) is 6.61 Å². The minimum atomic E-state index is -0.493. The Morgan fingerprint density at radius 2 is 2.17 bits per heavy atom. The number of hydrogen-bond acceptors (Lipinski definition) is 3. The third kappa shape index (κ3) is 5.70. The average molecular weight is 172 g/mol. The highest BCUT2D eigenvalue weighted by molar-refractivity contribution is 5.83. The summed E-state index contributed by atoms with van der Waals surface area (Å²) in [7, 11) is 0. The highest BCUT2D eigenvalue weighted by Crippen LogP contribution is 1.89. The number of rotatable bonds is 4. The summed E-state index contributed by atoms with van der Waals surface area (Å²) >= 11 is 0. The van der Waals surface area contributed by atoms with Crippen LogP contribution in [0.25, 0.3) is 0 Å². The van der Waals surface area contributed by atoms with E-state index in [1.807, 2.05) is 6.92 Å². The van der Waals surface area contributed by atoms with Crippen molar-refractivity contribution in [1.29, 1.82) is 0 Å². The number of nitrogens with one attached hydrogen (secondary N) is 1. The fourth-order valence-electron chi connectivity index (χ4n) is 0.722. The summed E-state index contributed by atoms with van der Waals surface area (Å²) in [5, 5.41) is 3.82. The first-order valence-electron chi connectivity index (χ1n) is 4.16. The molecule has 0 saturated heterocycles. The first-order valence-corrected chi connectivity index (χ1v) is 4.16. The molecule has 0 aromatic heterocycles. The zero-order valence-electron chi connectivity index (χ0n) is 7.89. The average Bonchev–Trinajstić information content (AvgIpc) is 2.02. The van der Waals surface area contributed by atoms with E-state index in [9.17, 15) is 4.79 Å². The maximum Gasteiger partial charge on any atom is 0.427 e. The van der Waals surface area contributed by atoms with E-state index in [1.54, 1.807) is 6.92 Å². The lowest BCUT2D eigenvalue weighted by molar-refractivity contribution is 0.152. The highest BCUT2D eigenvalue weighted by atomic mass is 16.5. The van der Waals surface area contributed by atoms with Gasteiger partial charge in [-0.15, -0.1) is 0 Å². The number of carbonyl (C=O) groups excluding carboxylic acids is 1. The van der Waals surface area contributed by atoms with Crippen LogP contribution in [0.1, 0.15) is 33.6 Å². The lowest BCUT2D eigenvalue weighted by Gasteiger charge is -2.00. The van der Waals surface area contributed by atoms with E-state index < -0.39 is 6.09 Å². The quantitative estimate of drug-likeness (QED) is 0.520. The van der Waals surface area contributed by atoms with Crippen molar-refractivity contribution < 1.29 is 9.53 Å². The van der Waals surface area contributed by atoms with Gasteiger partial charge in [0.2, 0.25) is 0 Å². The summed E-state index contributed by atoms with van der Waals surface area (Å²) in [4.78, 5) is 10.7. The molecule has 0 aliphatic carbocycles. The van der Waals surface area contributed by atoms with Crippen LogP contribution in [0, 0.1) is 0 Å². The van der Waals surface area contributed by atoms with Gasteiger partial charge >= 0.3 is 6.09 Å². The molecule has 0 aliphatic rings. The van der Waals surface area contributed by atoms with E-state index in [-0.39, 0.29) is 0 Å². The van der Waals surface area contributed by atoms with Crippen molar-refractivity contribution >= 4 is 11.8 Å². The molecule has 1 amide bonds. The van der Waals surface area contributed by atoms with Crippen molar-refractivity contribution in [1.82, 2.24) is 5.43 Å². The molecular formula is C8H16N2O2. The number of ether oxygens (including phenoxy) is 1. The minimum absolute atomic E-state index is 0.369. The smallest absolute Gasteiger partial charge is 0.427 e. The zero-order valence-corrected chi connectivity index (χ0v) is 7.89. The largest absolute Gasteiger partial charge is 0.449 e. The van der Waals surface area contributed by atoms with Gasteiger partial charge in [0.15, 0.2) is 0 Å². The molecule has 0 rings (SSSR count). The van der Waals surface area contributed by atoms with Crippen molar-refractivity contribution in [2.24, 2.45) is 5.10 Å². The van der Waals surface area contributed by atoms with Gasteiger partial charge in [-0.05, 0) is 20.3 Å². The van der Waals surface area contributed by atoms with Gasteiger partial charge in [-0.1, -0.05) is 13.3 Å². The van der Waals surface area contributed by atoms with Crippen molar-refractivity contribution in [3.8, 4) is 0 Å². The summed E-state index contributed by atoms with van der Waals surface area (Å²) in [6.07, 6.45) is 1.43. The summed E-state index contributed by atoms with van der Waals surface area (Å²) in [6, 6.07) is 0. The van der Waals surface area contributed by atoms with Crippen LogP contribution < -0.4 is 5.43 Å². The first-order chi connectivity index (χ1) is 5.70. The predicted octanol–water partition coefficient (Wildman–Crippen LogP) is 1.91. The Hall–Kier alpha value is -1.06. The Bertz CT molecular complexity index is 166. The molecule has 0 radical (unpaired) electrons. The molecule has 0 fully saturated rings. The minimum Gasteiger partial charge on any atom is -0.449 e. The van der Waals surface area contributed by atoms with Crippen molar-refractivity contribution in [3.05, 3.63) is 0 Å². The second kappa shape index (κ2) is 6.64. The number of carbonyl (C=O) groups is 1. The van der Waals surface area contributed by atoms with E-state index in [1.165, 1.54) is 0 Å². The summed E-state index contributed by atoms with van der Waals surface area (Å²) < 4.78 is 4.61. The van der Waals surface area contributed by atoms with Gasteiger partial charge in [-0.3, -0.25) is 0 Å². The normalized spacial score (nSPS) is 11.1. The molecule has 4 nitrogen and oxygen atoms in total. The number of hydrazone groups is 1. The molecule has 0 unspecified atom stereocenters. The SMILES string of the molecule is CCC/C(C)=N/NC(=O)OCC. The topological polar surface area (TPSA) is 50.7 Å². The lowest BCUT2D eigenvalue weighted by atomic mass is 10.2. The van der Waals surface area contributed by atoms with Crippen molar-refractivity contribution in [3.63, 3.8) is 0 Å². The second-order valence-corrected chi connectivity index (χ2v) is 2.43. The van der Waals surface area contributed by atoms with Crippen LogP contribution in [0.15, 0.2) is 5.10 Å². The molecule has 0 bridgehead atoms. The molecule has 12 heavy (non-hydrogen) atoms. The Morgan fingerprint density at radius 3 is 2.67 bits per heavy atom. The number of nitrogens with zero attached hydrogens (tertiary/aromatic N) is 1. The van der Waals surface area contributed by atoms with Gasteiger partial charge < -0.3 is 4.74 Å². The first kappa shape index (κ1) is 10.9. The fourth-order valence-corrected chi connectivity index (χ4v) is 0.722. The van der Waals surface area contributed by atoms with Crippen LogP contribution in [-0.4, -0.2) is 18.4 Å². The molecule has 0 aromatic carbocycles. The predicted molar refractivity (Wildman–Crippen MR) is 48.2 cm³/mol.